The summed E-state index contributed by atoms with van der Waals surface area (Å²) in [6.45, 7) is 0. The molecule has 0 aliphatic rings. The van der Waals surface area contributed by atoms with E-state index in [0.29, 0.717) is 0 Å². The minimum absolute atomic E-state index is 0.895. The Kier molecular flexibility index (Phi) is 2.04. The minimum Gasteiger partial charge on any atom is -0.405 e. The summed E-state index contributed by atoms with van der Waals surface area (Å²) in [5.74, 6) is 0. The molecule has 0 aliphatic heterocycles. The number of aromatic amines is 1. The first kappa shape index (κ1) is 7.92. The van der Waals surface area contributed by atoms with Crippen molar-refractivity contribution in [2.45, 2.75) is 6.42 Å². The molecule has 66 valence electrons. The van der Waals surface area contributed by atoms with Gasteiger partial charge in [0.2, 0.25) is 0 Å². The van der Waals surface area contributed by atoms with Gasteiger partial charge in [0.15, 0.2) is 0 Å². The maximum Gasteiger partial charge on any atom is 0.0456 e. The molecular weight excluding hydrogens is 160 g/mol. The SMILES string of the molecule is NC=CCc1cccc2[nH]ccc12. The summed E-state index contributed by atoms with van der Waals surface area (Å²) in [6, 6.07) is 8.34. The van der Waals surface area contributed by atoms with E-state index in [1.165, 1.54) is 16.5 Å². The minimum atomic E-state index is 0.895. The normalized spacial score (nSPS) is 11.4. The molecule has 2 heteroatoms. The number of rotatable bonds is 2. The first-order valence-corrected chi connectivity index (χ1v) is 4.33. The Balaban J connectivity index is 2.48. The fraction of sp³-hybridized carbons (Fsp3) is 0.0909. The lowest BCUT2D eigenvalue weighted by Crippen LogP contribution is -1.84. The van der Waals surface area contributed by atoms with Crippen molar-refractivity contribution < 1.29 is 0 Å². The fourth-order valence-electron chi connectivity index (χ4n) is 1.52. The monoisotopic (exact) mass is 172 g/mol. The van der Waals surface area contributed by atoms with Crippen molar-refractivity contribution >= 4 is 10.9 Å². The number of H-pyrrole nitrogens is 1. The molecule has 2 rings (SSSR count). The Morgan fingerprint density at radius 2 is 2.23 bits per heavy atom. The standard InChI is InChI=1S/C11H12N2/c12-7-2-4-9-3-1-5-11-10(9)6-8-13-11/h1-3,5-8,13H,4,12H2. The zero-order valence-corrected chi connectivity index (χ0v) is 7.33. The number of hydrogen-bond acceptors (Lipinski definition) is 1. The lowest BCUT2D eigenvalue weighted by atomic mass is 10.1. The van der Waals surface area contributed by atoms with Gasteiger partial charge < -0.3 is 10.7 Å². The van der Waals surface area contributed by atoms with Crippen LogP contribution in [0.15, 0.2) is 42.7 Å². The number of hydrogen-bond donors (Lipinski definition) is 2. The van der Waals surface area contributed by atoms with Crippen LogP contribution in [0.25, 0.3) is 10.9 Å². The highest BCUT2D eigenvalue weighted by Gasteiger charge is 1.98. The van der Waals surface area contributed by atoms with Gasteiger partial charge in [-0.1, -0.05) is 18.2 Å². The Labute approximate surface area is 77.1 Å². The Morgan fingerprint density at radius 3 is 3.08 bits per heavy atom. The average molecular weight is 172 g/mol. The second kappa shape index (κ2) is 3.35. The van der Waals surface area contributed by atoms with Gasteiger partial charge >= 0.3 is 0 Å². The molecule has 1 aromatic heterocycles. The topological polar surface area (TPSA) is 41.8 Å². The molecule has 1 heterocycles. The molecule has 1 aromatic carbocycles. The Bertz CT molecular complexity index is 426. The molecule has 2 nitrogen and oxygen atoms in total. The number of allylic oxidation sites excluding steroid dienone is 1. The summed E-state index contributed by atoms with van der Waals surface area (Å²) in [4.78, 5) is 3.18. The molecule has 0 fully saturated rings. The molecule has 0 amide bonds. The predicted molar refractivity (Wildman–Crippen MR) is 55.3 cm³/mol. The van der Waals surface area contributed by atoms with Crippen LogP contribution >= 0.6 is 0 Å². The Hall–Kier alpha value is -1.70. The molecule has 0 unspecified atom stereocenters. The van der Waals surface area contributed by atoms with Crippen LogP contribution in [0.3, 0.4) is 0 Å². The van der Waals surface area contributed by atoms with Crippen LogP contribution in [0.4, 0.5) is 0 Å². The van der Waals surface area contributed by atoms with Gasteiger partial charge in [0.1, 0.15) is 0 Å². The molecule has 3 N–H and O–H groups in total. The molecule has 0 saturated carbocycles. The van der Waals surface area contributed by atoms with Gasteiger partial charge in [0.05, 0.1) is 0 Å². The molecule has 0 saturated heterocycles. The van der Waals surface area contributed by atoms with E-state index in [2.05, 4.69) is 29.2 Å². The third-order valence-corrected chi connectivity index (χ3v) is 2.16. The summed E-state index contributed by atoms with van der Waals surface area (Å²) >= 11 is 0. The zero-order valence-electron chi connectivity index (χ0n) is 7.33. The molecular formula is C11H12N2. The van der Waals surface area contributed by atoms with Gasteiger partial charge in [-0.15, -0.1) is 0 Å². The second-order valence-electron chi connectivity index (χ2n) is 2.99. The number of fused-ring (bicyclic) bond motifs is 1. The van der Waals surface area contributed by atoms with Crippen molar-refractivity contribution in [1.29, 1.82) is 0 Å². The first-order chi connectivity index (χ1) is 6.42. The highest BCUT2D eigenvalue weighted by atomic mass is 14.7. The maximum absolute atomic E-state index is 5.31. The number of aromatic nitrogens is 1. The zero-order chi connectivity index (χ0) is 9.10. The molecule has 2 aromatic rings. The Morgan fingerprint density at radius 1 is 1.31 bits per heavy atom. The van der Waals surface area contributed by atoms with E-state index in [4.69, 9.17) is 5.73 Å². The van der Waals surface area contributed by atoms with Crippen molar-refractivity contribution in [2.75, 3.05) is 0 Å². The van der Waals surface area contributed by atoms with Crippen LogP contribution in [0.1, 0.15) is 5.56 Å². The maximum atomic E-state index is 5.31. The van der Waals surface area contributed by atoms with Gasteiger partial charge in [-0.2, -0.15) is 0 Å². The van der Waals surface area contributed by atoms with Gasteiger partial charge in [-0.3, -0.25) is 0 Å². The summed E-state index contributed by atoms with van der Waals surface area (Å²) in [6.07, 6.45) is 6.40. The summed E-state index contributed by atoms with van der Waals surface area (Å²) < 4.78 is 0. The number of nitrogens with two attached hydrogens (primary N) is 1. The van der Waals surface area contributed by atoms with Crippen molar-refractivity contribution in [3.63, 3.8) is 0 Å². The highest BCUT2D eigenvalue weighted by Crippen LogP contribution is 2.17. The van der Waals surface area contributed by atoms with Crippen molar-refractivity contribution in [3.8, 4) is 0 Å². The molecule has 13 heavy (non-hydrogen) atoms. The van der Waals surface area contributed by atoms with E-state index in [1.54, 1.807) is 6.20 Å². The molecule has 0 atom stereocenters. The van der Waals surface area contributed by atoms with Crippen LogP contribution in [0, 0.1) is 0 Å². The smallest absolute Gasteiger partial charge is 0.0456 e. The number of benzene rings is 1. The van der Waals surface area contributed by atoms with Gasteiger partial charge in [0.25, 0.3) is 0 Å². The van der Waals surface area contributed by atoms with Gasteiger partial charge in [-0.05, 0) is 30.3 Å². The molecule has 0 spiro atoms. The van der Waals surface area contributed by atoms with E-state index < -0.39 is 0 Å². The summed E-state index contributed by atoms with van der Waals surface area (Å²) in [5, 5.41) is 1.28. The first-order valence-electron chi connectivity index (χ1n) is 4.33. The molecule has 0 radical (unpaired) electrons. The van der Waals surface area contributed by atoms with Crippen molar-refractivity contribution in [3.05, 3.63) is 48.3 Å². The van der Waals surface area contributed by atoms with Gasteiger partial charge in [-0.25, -0.2) is 0 Å². The van der Waals surface area contributed by atoms with E-state index in [1.807, 2.05) is 12.3 Å². The second-order valence-corrected chi connectivity index (χ2v) is 2.99. The highest BCUT2D eigenvalue weighted by molar-refractivity contribution is 5.83. The average Bonchev–Trinajstić information content (AvgIpc) is 2.62. The fourth-order valence-corrected chi connectivity index (χ4v) is 1.52. The number of nitrogens with one attached hydrogen (secondary N) is 1. The molecule has 0 bridgehead atoms. The lowest BCUT2D eigenvalue weighted by molar-refractivity contribution is 1.28. The summed E-state index contributed by atoms with van der Waals surface area (Å²) in [5.41, 5.74) is 7.80. The van der Waals surface area contributed by atoms with E-state index in [9.17, 15) is 0 Å². The van der Waals surface area contributed by atoms with Gasteiger partial charge in [0, 0.05) is 17.1 Å². The van der Waals surface area contributed by atoms with Crippen molar-refractivity contribution in [1.82, 2.24) is 4.98 Å². The van der Waals surface area contributed by atoms with Crippen LogP contribution in [0.2, 0.25) is 0 Å². The third kappa shape index (κ3) is 1.43. The van der Waals surface area contributed by atoms with Crippen LogP contribution < -0.4 is 5.73 Å². The van der Waals surface area contributed by atoms with Crippen molar-refractivity contribution in [2.24, 2.45) is 5.73 Å². The third-order valence-electron chi connectivity index (χ3n) is 2.16. The largest absolute Gasteiger partial charge is 0.405 e. The summed E-state index contributed by atoms with van der Waals surface area (Å²) in [7, 11) is 0. The quantitative estimate of drug-likeness (QED) is 0.716. The van der Waals surface area contributed by atoms with Crippen LogP contribution in [0.5, 0.6) is 0 Å². The van der Waals surface area contributed by atoms with E-state index in [0.717, 1.165) is 6.42 Å². The van der Waals surface area contributed by atoms with Crippen LogP contribution in [-0.4, -0.2) is 4.98 Å². The lowest BCUT2D eigenvalue weighted by Gasteiger charge is -1.98. The van der Waals surface area contributed by atoms with Crippen LogP contribution in [-0.2, 0) is 6.42 Å². The van der Waals surface area contributed by atoms with E-state index in [-0.39, 0.29) is 0 Å². The predicted octanol–water partition coefficient (Wildman–Crippen LogP) is 2.18. The van der Waals surface area contributed by atoms with E-state index >= 15 is 0 Å². The molecule has 0 aliphatic carbocycles.